The van der Waals surface area contributed by atoms with Crippen molar-refractivity contribution in [3.63, 3.8) is 0 Å². The Kier molecular flexibility index (Phi) is 5.69. The summed E-state index contributed by atoms with van der Waals surface area (Å²) in [5.74, 6) is 0.487. The molecule has 0 fully saturated rings. The fourth-order valence-corrected chi connectivity index (χ4v) is 0.971. The monoisotopic (exact) mass is 170 g/mol. The molecule has 0 aromatic heterocycles. The number of ether oxygens (including phenoxy) is 1. The molecule has 0 radical (unpaired) electrons. The van der Waals surface area contributed by atoms with Gasteiger partial charge in [0, 0.05) is 13.2 Å². The first-order valence-corrected chi connectivity index (χ1v) is 4.26. The topological polar surface area (TPSA) is 45.0 Å². The highest BCUT2D eigenvalue weighted by Gasteiger charge is 2.14. The molecule has 0 saturated heterocycles. The quantitative estimate of drug-likeness (QED) is 0.673. The Morgan fingerprint density at radius 2 is 2.00 bits per heavy atom. The lowest BCUT2D eigenvalue weighted by atomic mass is 10.0. The highest BCUT2D eigenvalue weighted by molar-refractivity contribution is 4.88. The Labute approximate surface area is 74.7 Å². The van der Waals surface area contributed by atoms with Gasteiger partial charge in [-0.15, -0.1) is 0 Å². The molecule has 0 aliphatic heterocycles. The number of hydrogen-bond donors (Lipinski definition) is 1. The molecule has 12 heavy (non-hydrogen) atoms. The molecule has 0 aromatic carbocycles. The zero-order valence-electron chi connectivity index (χ0n) is 8.29. The molecule has 0 spiro atoms. The lowest BCUT2D eigenvalue weighted by Crippen LogP contribution is -2.42. The maximum Gasteiger partial charge on any atom is 0.0927 e. The smallest absolute Gasteiger partial charge is 0.0927 e. The van der Waals surface area contributed by atoms with Crippen LogP contribution in [-0.4, -0.2) is 25.8 Å². The van der Waals surface area contributed by atoms with E-state index in [0.717, 1.165) is 0 Å². The molecule has 0 bridgehead atoms. The first kappa shape index (κ1) is 11.4. The number of hydrogen-bond acceptors (Lipinski definition) is 3. The highest BCUT2D eigenvalue weighted by atomic mass is 16.5. The van der Waals surface area contributed by atoms with Crippen molar-refractivity contribution in [1.82, 2.24) is 5.32 Å². The summed E-state index contributed by atoms with van der Waals surface area (Å²) in [4.78, 5) is 0. The zero-order valence-corrected chi connectivity index (χ0v) is 8.29. The van der Waals surface area contributed by atoms with Crippen LogP contribution in [0.4, 0.5) is 0 Å². The summed E-state index contributed by atoms with van der Waals surface area (Å²) >= 11 is 0. The standard InChI is InChI=1S/C9H18N2O/c1-7(2)9(6-12-4)11-8(3)5-10/h7-9,11H,6H2,1-4H3. The third kappa shape index (κ3) is 4.32. The lowest BCUT2D eigenvalue weighted by molar-refractivity contribution is 0.145. The average molecular weight is 170 g/mol. The molecular weight excluding hydrogens is 152 g/mol. The Bertz CT molecular complexity index is 151. The van der Waals surface area contributed by atoms with E-state index in [1.807, 2.05) is 6.92 Å². The van der Waals surface area contributed by atoms with E-state index in [-0.39, 0.29) is 12.1 Å². The number of nitrogens with zero attached hydrogens (tertiary/aromatic N) is 1. The van der Waals surface area contributed by atoms with Crippen molar-refractivity contribution in [2.75, 3.05) is 13.7 Å². The largest absolute Gasteiger partial charge is 0.383 e. The molecule has 0 saturated carbocycles. The van der Waals surface area contributed by atoms with Crippen LogP contribution in [0.25, 0.3) is 0 Å². The van der Waals surface area contributed by atoms with Crippen molar-refractivity contribution in [2.45, 2.75) is 32.9 Å². The van der Waals surface area contributed by atoms with E-state index in [0.29, 0.717) is 12.5 Å². The third-order valence-electron chi connectivity index (χ3n) is 1.81. The molecule has 0 heterocycles. The van der Waals surface area contributed by atoms with Gasteiger partial charge < -0.3 is 4.74 Å². The Balaban J connectivity index is 3.88. The van der Waals surface area contributed by atoms with Crippen molar-refractivity contribution in [3.8, 4) is 6.07 Å². The third-order valence-corrected chi connectivity index (χ3v) is 1.81. The van der Waals surface area contributed by atoms with Crippen LogP contribution in [0.15, 0.2) is 0 Å². The van der Waals surface area contributed by atoms with Crippen LogP contribution in [0.3, 0.4) is 0 Å². The molecule has 0 aliphatic rings. The van der Waals surface area contributed by atoms with Gasteiger partial charge in [-0.3, -0.25) is 5.32 Å². The van der Waals surface area contributed by atoms with E-state index < -0.39 is 0 Å². The second-order valence-corrected chi connectivity index (χ2v) is 3.32. The highest BCUT2D eigenvalue weighted by Crippen LogP contribution is 2.02. The molecule has 70 valence electrons. The molecule has 0 rings (SSSR count). The maximum atomic E-state index is 8.58. The zero-order chi connectivity index (χ0) is 9.56. The van der Waals surface area contributed by atoms with E-state index in [1.54, 1.807) is 7.11 Å². The fourth-order valence-electron chi connectivity index (χ4n) is 0.971. The molecule has 2 atom stereocenters. The molecule has 3 heteroatoms. The van der Waals surface area contributed by atoms with Crippen molar-refractivity contribution in [2.24, 2.45) is 5.92 Å². The van der Waals surface area contributed by atoms with Gasteiger partial charge in [-0.2, -0.15) is 5.26 Å². The summed E-state index contributed by atoms with van der Waals surface area (Å²) < 4.78 is 5.04. The van der Waals surface area contributed by atoms with Crippen molar-refractivity contribution in [1.29, 1.82) is 5.26 Å². The Morgan fingerprint density at radius 3 is 2.33 bits per heavy atom. The maximum absolute atomic E-state index is 8.58. The van der Waals surface area contributed by atoms with Gasteiger partial charge in [0.1, 0.15) is 0 Å². The molecule has 0 amide bonds. The SMILES string of the molecule is COCC(NC(C)C#N)C(C)C. The van der Waals surface area contributed by atoms with Gasteiger partial charge in [0.25, 0.3) is 0 Å². The van der Waals surface area contributed by atoms with Crippen LogP contribution in [0.1, 0.15) is 20.8 Å². The second-order valence-electron chi connectivity index (χ2n) is 3.32. The molecule has 1 N–H and O–H groups in total. The van der Waals surface area contributed by atoms with Crippen LogP contribution in [0, 0.1) is 17.2 Å². The van der Waals surface area contributed by atoms with Crippen LogP contribution in [0.2, 0.25) is 0 Å². The summed E-state index contributed by atoms with van der Waals surface area (Å²) in [5.41, 5.74) is 0. The van der Waals surface area contributed by atoms with E-state index in [4.69, 9.17) is 10.00 Å². The van der Waals surface area contributed by atoms with Gasteiger partial charge in [-0.25, -0.2) is 0 Å². The molecular formula is C9H18N2O. The summed E-state index contributed by atoms with van der Waals surface area (Å²) in [6.45, 7) is 6.73. The summed E-state index contributed by atoms with van der Waals surface area (Å²) in [7, 11) is 1.67. The van der Waals surface area contributed by atoms with Crippen LogP contribution < -0.4 is 5.32 Å². The van der Waals surface area contributed by atoms with E-state index in [2.05, 4.69) is 25.2 Å². The van der Waals surface area contributed by atoms with Crippen LogP contribution in [0.5, 0.6) is 0 Å². The summed E-state index contributed by atoms with van der Waals surface area (Å²) in [6.07, 6.45) is 0. The first-order chi connectivity index (χ1) is 5.61. The van der Waals surface area contributed by atoms with E-state index in [1.165, 1.54) is 0 Å². The normalized spacial score (nSPS) is 15.7. The number of rotatable bonds is 5. The first-order valence-electron chi connectivity index (χ1n) is 4.26. The van der Waals surface area contributed by atoms with Crippen molar-refractivity contribution < 1.29 is 4.74 Å². The van der Waals surface area contributed by atoms with Gasteiger partial charge in [0.15, 0.2) is 0 Å². The van der Waals surface area contributed by atoms with E-state index >= 15 is 0 Å². The number of nitrogens with one attached hydrogen (secondary N) is 1. The molecule has 0 aliphatic carbocycles. The molecule has 3 nitrogen and oxygen atoms in total. The summed E-state index contributed by atoms with van der Waals surface area (Å²) in [5, 5.41) is 11.8. The van der Waals surface area contributed by atoms with Crippen LogP contribution in [-0.2, 0) is 4.74 Å². The van der Waals surface area contributed by atoms with Crippen LogP contribution >= 0.6 is 0 Å². The molecule has 2 unspecified atom stereocenters. The van der Waals surface area contributed by atoms with Gasteiger partial charge in [-0.05, 0) is 12.8 Å². The van der Waals surface area contributed by atoms with Crippen molar-refractivity contribution in [3.05, 3.63) is 0 Å². The van der Waals surface area contributed by atoms with Gasteiger partial charge in [0.2, 0.25) is 0 Å². The lowest BCUT2D eigenvalue weighted by Gasteiger charge is -2.22. The Morgan fingerprint density at radius 1 is 1.42 bits per heavy atom. The predicted molar refractivity (Wildman–Crippen MR) is 48.7 cm³/mol. The van der Waals surface area contributed by atoms with Gasteiger partial charge in [-0.1, -0.05) is 13.8 Å². The number of nitriles is 1. The minimum Gasteiger partial charge on any atom is -0.383 e. The van der Waals surface area contributed by atoms with Gasteiger partial charge >= 0.3 is 0 Å². The molecule has 0 aromatic rings. The Hall–Kier alpha value is -0.590. The van der Waals surface area contributed by atoms with Gasteiger partial charge in [0.05, 0.1) is 18.7 Å². The minimum atomic E-state index is -0.104. The second kappa shape index (κ2) is 5.99. The summed E-state index contributed by atoms with van der Waals surface area (Å²) in [6, 6.07) is 2.31. The average Bonchev–Trinajstić information content (AvgIpc) is 2.03. The van der Waals surface area contributed by atoms with Crippen molar-refractivity contribution >= 4 is 0 Å². The number of methoxy groups -OCH3 is 1. The minimum absolute atomic E-state index is 0.104. The van der Waals surface area contributed by atoms with E-state index in [9.17, 15) is 0 Å². The fraction of sp³-hybridized carbons (Fsp3) is 0.889. The predicted octanol–water partition coefficient (Wildman–Crippen LogP) is 1.16.